The van der Waals surface area contributed by atoms with Gasteiger partial charge in [0.2, 0.25) is 5.54 Å². The number of fused-ring (bicyclic) bond motifs is 1. The average molecular weight is 429 g/mol. The molecule has 0 aliphatic carbocycles. The van der Waals surface area contributed by atoms with E-state index in [0.29, 0.717) is 29.0 Å². The number of nitrogens with one attached hydrogen (secondary N) is 2. The van der Waals surface area contributed by atoms with Crippen molar-refractivity contribution < 1.29 is 32.3 Å². The molecule has 1 saturated heterocycles. The zero-order chi connectivity index (χ0) is 22.3. The Bertz CT molecular complexity index is 1200. The SMILES string of the molecule is COc1ccc2c(c1)C(=O)N(C[C@@]1(C#Cc3cc(F)cc(F)c3F)NC(=O)NC1=O)C2. The molecule has 0 saturated carbocycles. The summed E-state index contributed by atoms with van der Waals surface area (Å²) in [5.41, 5.74) is -1.53. The Morgan fingerprint density at radius 1 is 1.16 bits per heavy atom. The van der Waals surface area contributed by atoms with Gasteiger partial charge in [0.1, 0.15) is 11.6 Å². The number of hydrogen-bond acceptors (Lipinski definition) is 4. The van der Waals surface area contributed by atoms with Crippen molar-refractivity contribution in [3.63, 3.8) is 0 Å². The molecule has 0 bridgehead atoms. The number of methoxy groups -OCH3 is 1. The van der Waals surface area contributed by atoms with Gasteiger partial charge >= 0.3 is 6.03 Å². The molecular weight excluding hydrogens is 415 g/mol. The highest BCUT2D eigenvalue weighted by molar-refractivity contribution is 6.10. The van der Waals surface area contributed by atoms with Crippen molar-refractivity contribution in [2.75, 3.05) is 13.7 Å². The summed E-state index contributed by atoms with van der Waals surface area (Å²) in [5.74, 6) is -0.112. The van der Waals surface area contributed by atoms with E-state index in [9.17, 15) is 27.6 Å². The van der Waals surface area contributed by atoms with Gasteiger partial charge in [0.05, 0.1) is 19.2 Å². The van der Waals surface area contributed by atoms with Gasteiger partial charge in [-0.2, -0.15) is 0 Å². The fourth-order valence-corrected chi connectivity index (χ4v) is 3.43. The van der Waals surface area contributed by atoms with Crippen molar-refractivity contribution in [3.8, 4) is 17.6 Å². The molecule has 2 heterocycles. The first-order valence-corrected chi connectivity index (χ1v) is 9.00. The highest BCUT2D eigenvalue weighted by atomic mass is 19.2. The van der Waals surface area contributed by atoms with Crippen molar-refractivity contribution in [1.82, 2.24) is 15.5 Å². The molecule has 31 heavy (non-hydrogen) atoms. The molecule has 0 aromatic heterocycles. The van der Waals surface area contributed by atoms with E-state index in [2.05, 4.69) is 17.2 Å². The second-order valence-electron chi connectivity index (χ2n) is 7.00. The molecule has 2 aliphatic heterocycles. The van der Waals surface area contributed by atoms with Gasteiger partial charge in [-0.15, -0.1) is 0 Å². The number of carbonyl (C=O) groups is 3. The first-order valence-electron chi connectivity index (χ1n) is 9.00. The van der Waals surface area contributed by atoms with Gasteiger partial charge < -0.3 is 15.0 Å². The molecule has 158 valence electrons. The lowest BCUT2D eigenvalue weighted by Crippen LogP contribution is -2.54. The van der Waals surface area contributed by atoms with Crippen LogP contribution in [0.15, 0.2) is 30.3 Å². The Morgan fingerprint density at radius 2 is 1.94 bits per heavy atom. The monoisotopic (exact) mass is 429 g/mol. The van der Waals surface area contributed by atoms with Crippen molar-refractivity contribution in [1.29, 1.82) is 0 Å². The van der Waals surface area contributed by atoms with Gasteiger partial charge in [0, 0.05) is 18.2 Å². The number of benzene rings is 2. The van der Waals surface area contributed by atoms with Crippen LogP contribution in [0.5, 0.6) is 5.75 Å². The number of urea groups is 1. The summed E-state index contributed by atoms with van der Waals surface area (Å²) in [4.78, 5) is 38.4. The minimum absolute atomic E-state index is 0.133. The minimum Gasteiger partial charge on any atom is -0.497 e. The normalized spacial score (nSPS) is 19.5. The second kappa shape index (κ2) is 7.36. The summed E-state index contributed by atoms with van der Waals surface area (Å²) in [6, 6.07) is 5.08. The zero-order valence-electron chi connectivity index (χ0n) is 16.0. The minimum atomic E-state index is -1.94. The maximum absolute atomic E-state index is 14.0. The number of amides is 4. The summed E-state index contributed by atoms with van der Waals surface area (Å²) in [5, 5.41) is 4.35. The highest BCUT2D eigenvalue weighted by Gasteiger charge is 2.48. The van der Waals surface area contributed by atoms with Crippen LogP contribution in [0.4, 0.5) is 18.0 Å². The Hall–Kier alpha value is -4.00. The Kier molecular flexibility index (Phi) is 4.81. The van der Waals surface area contributed by atoms with E-state index in [-0.39, 0.29) is 13.1 Å². The van der Waals surface area contributed by atoms with E-state index in [4.69, 9.17) is 4.74 Å². The number of halogens is 3. The van der Waals surface area contributed by atoms with E-state index in [1.165, 1.54) is 12.0 Å². The summed E-state index contributed by atoms with van der Waals surface area (Å²) < 4.78 is 46.0. The van der Waals surface area contributed by atoms with Crippen LogP contribution in [-0.4, -0.2) is 41.9 Å². The topological polar surface area (TPSA) is 87.7 Å². The van der Waals surface area contributed by atoms with Crippen LogP contribution >= 0.6 is 0 Å². The number of imide groups is 1. The fraction of sp³-hybridized carbons (Fsp3) is 0.190. The summed E-state index contributed by atoms with van der Waals surface area (Å²) in [6.07, 6.45) is 0. The van der Waals surface area contributed by atoms with Crippen molar-refractivity contribution in [3.05, 3.63) is 64.5 Å². The van der Waals surface area contributed by atoms with Gasteiger partial charge in [-0.25, -0.2) is 18.0 Å². The van der Waals surface area contributed by atoms with Crippen molar-refractivity contribution in [2.24, 2.45) is 0 Å². The summed E-state index contributed by atoms with van der Waals surface area (Å²) >= 11 is 0. The van der Waals surface area contributed by atoms with Gasteiger partial charge in [-0.05, 0) is 23.8 Å². The number of carbonyl (C=O) groups excluding carboxylic acids is 3. The molecule has 4 rings (SSSR count). The molecule has 1 fully saturated rings. The Balaban J connectivity index is 1.69. The van der Waals surface area contributed by atoms with Gasteiger partial charge in [0.15, 0.2) is 11.6 Å². The van der Waals surface area contributed by atoms with E-state index in [1.807, 2.05) is 5.32 Å². The Labute approximate surface area is 174 Å². The first kappa shape index (κ1) is 20.3. The highest BCUT2D eigenvalue weighted by Crippen LogP contribution is 2.28. The van der Waals surface area contributed by atoms with Gasteiger partial charge in [0.25, 0.3) is 11.8 Å². The van der Waals surface area contributed by atoms with Crippen LogP contribution in [0, 0.1) is 29.3 Å². The summed E-state index contributed by atoms with van der Waals surface area (Å²) in [7, 11) is 1.45. The summed E-state index contributed by atoms with van der Waals surface area (Å²) in [6.45, 7) is -0.236. The lowest BCUT2D eigenvalue weighted by Gasteiger charge is -2.26. The van der Waals surface area contributed by atoms with Crippen LogP contribution in [0.3, 0.4) is 0 Å². The molecule has 2 N–H and O–H groups in total. The molecule has 0 radical (unpaired) electrons. The van der Waals surface area contributed by atoms with Gasteiger partial charge in [-0.1, -0.05) is 17.9 Å². The quantitative estimate of drug-likeness (QED) is 0.442. The largest absolute Gasteiger partial charge is 0.497 e. The molecule has 2 aliphatic rings. The lowest BCUT2D eigenvalue weighted by atomic mass is 9.99. The molecule has 4 amide bonds. The molecule has 0 spiro atoms. The smallest absolute Gasteiger partial charge is 0.323 e. The van der Waals surface area contributed by atoms with Crippen LogP contribution in [0.2, 0.25) is 0 Å². The third kappa shape index (κ3) is 3.54. The third-order valence-electron chi connectivity index (χ3n) is 4.97. The van der Waals surface area contributed by atoms with Crippen LogP contribution < -0.4 is 15.4 Å². The zero-order valence-corrected chi connectivity index (χ0v) is 16.0. The number of rotatable bonds is 3. The maximum Gasteiger partial charge on any atom is 0.323 e. The van der Waals surface area contributed by atoms with E-state index in [1.54, 1.807) is 18.2 Å². The lowest BCUT2D eigenvalue weighted by molar-refractivity contribution is -0.122. The molecule has 7 nitrogen and oxygen atoms in total. The van der Waals surface area contributed by atoms with E-state index >= 15 is 0 Å². The van der Waals surface area contributed by atoms with E-state index in [0.717, 1.165) is 0 Å². The molecule has 2 aromatic carbocycles. The maximum atomic E-state index is 14.0. The predicted molar refractivity (Wildman–Crippen MR) is 100 cm³/mol. The molecule has 10 heteroatoms. The van der Waals surface area contributed by atoms with Crippen LogP contribution in [0.25, 0.3) is 0 Å². The molecular formula is C21H14F3N3O4. The average Bonchev–Trinajstić information content (AvgIpc) is 3.18. The van der Waals surface area contributed by atoms with Crippen molar-refractivity contribution >= 4 is 17.8 Å². The number of nitrogens with zero attached hydrogens (tertiary/aromatic N) is 1. The first-order chi connectivity index (χ1) is 14.7. The molecule has 2 aromatic rings. The van der Waals surface area contributed by atoms with Gasteiger partial charge in [-0.3, -0.25) is 14.9 Å². The van der Waals surface area contributed by atoms with Crippen molar-refractivity contribution in [2.45, 2.75) is 12.1 Å². The molecule has 0 unspecified atom stereocenters. The predicted octanol–water partition coefficient (Wildman–Crippen LogP) is 1.70. The third-order valence-corrected chi connectivity index (χ3v) is 4.97. The number of hydrogen-bond donors (Lipinski definition) is 2. The Morgan fingerprint density at radius 3 is 2.61 bits per heavy atom. The fourth-order valence-electron chi connectivity index (χ4n) is 3.43. The van der Waals surface area contributed by atoms with Crippen LogP contribution in [0.1, 0.15) is 21.5 Å². The van der Waals surface area contributed by atoms with E-state index < -0.39 is 46.4 Å². The second-order valence-corrected chi connectivity index (χ2v) is 7.00. The number of ether oxygens (including phenoxy) is 1. The van der Waals surface area contributed by atoms with Crippen LogP contribution in [-0.2, 0) is 11.3 Å². The molecule has 1 atom stereocenters. The standard InChI is InChI=1S/C21H14F3N3O4/c1-31-14-3-2-12-9-27(18(28)15(12)8-14)10-21(19(29)25-20(30)26-21)5-4-11-6-13(22)7-16(23)17(11)24/h2-3,6-8H,9-10H2,1H3,(H2,25,26,29,30)/t21-/m1/s1.